The number of carboxylic acid groups (broad SMARTS) is 1. The van der Waals surface area contributed by atoms with Crippen LogP contribution in [-0.4, -0.2) is 38.4 Å². The van der Waals surface area contributed by atoms with Gasteiger partial charge in [-0.3, -0.25) is 4.90 Å². The zero-order valence-corrected chi connectivity index (χ0v) is 9.78. The summed E-state index contributed by atoms with van der Waals surface area (Å²) in [6.07, 6.45) is 3.68. The first-order valence-corrected chi connectivity index (χ1v) is 5.96. The van der Waals surface area contributed by atoms with E-state index in [2.05, 4.69) is 10.2 Å². The van der Waals surface area contributed by atoms with E-state index < -0.39 is 6.09 Å². The number of hydrogen-bond donors (Lipinski definition) is 2. The molecule has 6 nitrogen and oxygen atoms in total. The van der Waals surface area contributed by atoms with Crippen molar-refractivity contribution in [3.63, 3.8) is 0 Å². The molecule has 1 amide bonds. The molecule has 1 saturated heterocycles. The Hall–Kier alpha value is -2.11. The summed E-state index contributed by atoms with van der Waals surface area (Å²) in [4.78, 5) is 12.7. The molecule has 1 fully saturated rings. The van der Waals surface area contributed by atoms with Crippen molar-refractivity contribution in [3.8, 4) is 0 Å². The van der Waals surface area contributed by atoms with Gasteiger partial charge in [-0.15, -0.1) is 10.2 Å². The normalized spacial score (nSPS) is 26.0. The van der Waals surface area contributed by atoms with E-state index in [9.17, 15) is 4.79 Å². The van der Waals surface area contributed by atoms with Crippen LogP contribution < -0.4 is 5.73 Å². The molecule has 0 saturated carbocycles. The monoisotopic (exact) mass is 246 g/mol. The van der Waals surface area contributed by atoms with Gasteiger partial charge >= 0.3 is 6.09 Å². The molecule has 2 aliphatic rings. The highest BCUT2D eigenvalue weighted by atomic mass is 16.4. The molecule has 2 bridgehead atoms. The molecule has 0 spiro atoms. The molecule has 3 heterocycles. The van der Waals surface area contributed by atoms with Gasteiger partial charge in [0, 0.05) is 6.04 Å². The van der Waals surface area contributed by atoms with E-state index in [4.69, 9.17) is 10.8 Å². The first-order valence-electron chi connectivity index (χ1n) is 5.96. The van der Waals surface area contributed by atoms with E-state index in [0.29, 0.717) is 12.2 Å². The lowest BCUT2D eigenvalue weighted by Crippen LogP contribution is -2.42. The van der Waals surface area contributed by atoms with E-state index in [-0.39, 0.29) is 12.1 Å². The van der Waals surface area contributed by atoms with Crippen LogP contribution in [0.5, 0.6) is 0 Å². The molecule has 18 heavy (non-hydrogen) atoms. The number of carbonyl (C=O) groups is 1. The van der Waals surface area contributed by atoms with Crippen LogP contribution in [0.15, 0.2) is 18.2 Å². The minimum atomic E-state index is -0.832. The summed E-state index contributed by atoms with van der Waals surface area (Å²) >= 11 is 0. The van der Waals surface area contributed by atoms with Crippen molar-refractivity contribution in [2.24, 2.45) is 0 Å². The van der Waals surface area contributed by atoms with Gasteiger partial charge in [-0.05, 0) is 37.0 Å². The average molecular weight is 246 g/mol. The third-order valence-corrected chi connectivity index (χ3v) is 3.63. The molecule has 1 aromatic heterocycles. The average Bonchev–Trinajstić information content (AvgIpc) is 2.62. The van der Waals surface area contributed by atoms with Crippen LogP contribution >= 0.6 is 0 Å². The van der Waals surface area contributed by atoms with Gasteiger partial charge in [0.2, 0.25) is 0 Å². The summed E-state index contributed by atoms with van der Waals surface area (Å²) in [5.74, 6) is 0.394. The highest BCUT2D eigenvalue weighted by molar-refractivity contribution is 5.72. The second-order valence-electron chi connectivity index (χ2n) is 4.73. The first-order chi connectivity index (χ1) is 8.65. The minimum absolute atomic E-state index is 0.0180. The number of amides is 1. The molecule has 3 N–H and O–H groups in total. The van der Waals surface area contributed by atoms with Crippen molar-refractivity contribution < 1.29 is 9.90 Å². The molecular formula is C12H14N4O2. The topological polar surface area (TPSA) is 92.3 Å². The standard InChI is InChI=1S/C12H14N4O2/c13-11-4-3-10(14-15-11)7-5-8-1-2-9(6-7)16(8)12(17)18/h3-5,8-9H,1-2,6H2,(H2,13,15)(H,17,18). The van der Waals surface area contributed by atoms with Gasteiger partial charge in [-0.1, -0.05) is 6.08 Å². The van der Waals surface area contributed by atoms with E-state index in [0.717, 1.165) is 24.1 Å². The first kappa shape index (κ1) is 11.0. The number of nitrogens with two attached hydrogens (primary N) is 1. The van der Waals surface area contributed by atoms with Crippen LogP contribution in [0.1, 0.15) is 25.0 Å². The Kier molecular flexibility index (Phi) is 2.43. The Balaban J connectivity index is 1.91. The number of fused-ring (bicyclic) bond motifs is 2. The zero-order chi connectivity index (χ0) is 12.7. The fraction of sp³-hybridized carbons (Fsp3) is 0.417. The summed E-state index contributed by atoms with van der Waals surface area (Å²) in [6, 6.07) is 3.61. The molecule has 94 valence electrons. The molecule has 1 aromatic rings. The number of aromatic nitrogens is 2. The predicted molar refractivity (Wildman–Crippen MR) is 65.7 cm³/mol. The van der Waals surface area contributed by atoms with Crippen molar-refractivity contribution in [3.05, 3.63) is 23.9 Å². The lowest BCUT2D eigenvalue weighted by Gasteiger charge is -2.31. The SMILES string of the molecule is Nc1ccc(C2=CC3CCC(C2)N3C(=O)O)nn1. The Labute approximate surface area is 104 Å². The summed E-state index contributed by atoms with van der Waals surface area (Å²) in [5.41, 5.74) is 7.38. The van der Waals surface area contributed by atoms with Crippen molar-refractivity contribution in [1.29, 1.82) is 0 Å². The highest BCUT2D eigenvalue weighted by Gasteiger charge is 2.39. The summed E-state index contributed by atoms with van der Waals surface area (Å²) < 4.78 is 0. The molecule has 0 aromatic carbocycles. The Bertz CT molecular complexity index is 511. The van der Waals surface area contributed by atoms with Gasteiger partial charge in [0.25, 0.3) is 0 Å². The van der Waals surface area contributed by atoms with Crippen molar-refractivity contribution in [2.75, 3.05) is 5.73 Å². The van der Waals surface area contributed by atoms with Crippen LogP contribution in [0.4, 0.5) is 10.6 Å². The fourth-order valence-corrected chi connectivity index (χ4v) is 2.83. The van der Waals surface area contributed by atoms with Crippen molar-refractivity contribution in [1.82, 2.24) is 15.1 Å². The molecule has 3 rings (SSSR count). The maximum atomic E-state index is 11.2. The summed E-state index contributed by atoms with van der Waals surface area (Å²) in [7, 11) is 0. The maximum absolute atomic E-state index is 11.2. The van der Waals surface area contributed by atoms with Crippen LogP contribution in [-0.2, 0) is 0 Å². The molecule has 2 aliphatic heterocycles. The van der Waals surface area contributed by atoms with E-state index in [1.54, 1.807) is 11.0 Å². The third-order valence-electron chi connectivity index (χ3n) is 3.63. The second kappa shape index (κ2) is 3.97. The second-order valence-corrected chi connectivity index (χ2v) is 4.73. The molecule has 2 atom stereocenters. The van der Waals surface area contributed by atoms with Gasteiger partial charge in [0.1, 0.15) is 5.82 Å². The molecule has 2 unspecified atom stereocenters. The quantitative estimate of drug-likeness (QED) is 0.780. The smallest absolute Gasteiger partial charge is 0.408 e. The van der Waals surface area contributed by atoms with Crippen molar-refractivity contribution >= 4 is 17.5 Å². The number of nitrogen functional groups attached to an aromatic ring is 1. The summed E-state index contributed by atoms with van der Waals surface area (Å²) in [5, 5.41) is 17.1. The van der Waals surface area contributed by atoms with Crippen LogP contribution in [0.2, 0.25) is 0 Å². The van der Waals surface area contributed by atoms with Gasteiger partial charge in [0.15, 0.2) is 0 Å². The van der Waals surface area contributed by atoms with E-state index in [1.807, 2.05) is 12.1 Å². The largest absolute Gasteiger partial charge is 0.465 e. The van der Waals surface area contributed by atoms with Gasteiger partial charge in [-0.2, -0.15) is 0 Å². The molecule has 0 aliphatic carbocycles. The number of hydrogen-bond acceptors (Lipinski definition) is 4. The lowest BCUT2D eigenvalue weighted by atomic mass is 9.99. The van der Waals surface area contributed by atoms with Crippen LogP contribution in [0.3, 0.4) is 0 Å². The molecular weight excluding hydrogens is 232 g/mol. The molecule has 6 heteroatoms. The molecule has 0 radical (unpaired) electrons. The van der Waals surface area contributed by atoms with Crippen molar-refractivity contribution in [2.45, 2.75) is 31.3 Å². The van der Waals surface area contributed by atoms with Gasteiger partial charge in [0.05, 0.1) is 11.7 Å². The zero-order valence-electron chi connectivity index (χ0n) is 9.78. The number of rotatable bonds is 1. The van der Waals surface area contributed by atoms with Gasteiger partial charge < -0.3 is 10.8 Å². The third kappa shape index (κ3) is 1.70. The lowest BCUT2D eigenvalue weighted by molar-refractivity contribution is 0.128. The Morgan fingerprint density at radius 2 is 2.22 bits per heavy atom. The van der Waals surface area contributed by atoms with Crippen LogP contribution in [0, 0.1) is 0 Å². The van der Waals surface area contributed by atoms with Gasteiger partial charge in [-0.25, -0.2) is 4.79 Å². The maximum Gasteiger partial charge on any atom is 0.408 e. The number of nitrogens with zero attached hydrogens (tertiary/aromatic N) is 3. The van der Waals surface area contributed by atoms with Crippen LogP contribution in [0.25, 0.3) is 5.57 Å². The Morgan fingerprint density at radius 3 is 2.83 bits per heavy atom. The minimum Gasteiger partial charge on any atom is -0.465 e. The highest BCUT2D eigenvalue weighted by Crippen LogP contribution is 2.37. The predicted octanol–water partition coefficient (Wildman–Crippen LogP) is 1.36. The number of anilines is 1. The Morgan fingerprint density at radius 1 is 1.39 bits per heavy atom. The fourth-order valence-electron chi connectivity index (χ4n) is 2.83. The summed E-state index contributed by atoms with van der Waals surface area (Å²) in [6.45, 7) is 0. The van der Waals surface area contributed by atoms with E-state index in [1.165, 1.54) is 0 Å². The van der Waals surface area contributed by atoms with E-state index >= 15 is 0 Å².